The second-order valence-electron chi connectivity index (χ2n) is 3.21. The number of anilines is 1. The normalized spacial score (nSPS) is 10.1. The monoisotopic (exact) mass is 224 g/mol. The molecule has 0 radical (unpaired) electrons. The van der Waals surface area contributed by atoms with E-state index in [1.165, 1.54) is 0 Å². The molecule has 1 aromatic rings. The molecule has 1 aromatic carbocycles. The van der Waals surface area contributed by atoms with Gasteiger partial charge in [0.25, 0.3) is 5.91 Å². The molecule has 0 atom stereocenters. The minimum Gasteiger partial charge on any atom is -0.399 e. The van der Waals surface area contributed by atoms with E-state index in [1.807, 2.05) is 0 Å². The Balaban J connectivity index is 2.27. The van der Waals surface area contributed by atoms with E-state index in [9.17, 15) is 4.79 Å². The lowest BCUT2D eigenvalue weighted by Crippen LogP contribution is -2.27. The van der Waals surface area contributed by atoms with E-state index >= 15 is 0 Å². The third-order valence-electron chi connectivity index (χ3n) is 1.94. The molecule has 0 unspecified atom stereocenters. The van der Waals surface area contributed by atoms with E-state index in [0.29, 0.717) is 24.4 Å². The number of carbonyl (C=O) groups is 1. The van der Waals surface area contributed by atoms with Crippen LogP contribution >= 0.6 is 0 Å². The summed E-state index contributed by atoms with van der Waals surface area (Å²) in [5.74, 6) is -0.160. The molecule has 88 valence electrons. The molecule has 16 heavy (non-hydrogen) atoms. The van der Waals surface area contributed by atoms with Gasteiger partial charge in [0.15, 0.2) is 0 Å². The number of nitrogens with two attached hydrogens (primary N) is 1. The summed E-state index contributed by atoms with van der Waals surface area (Å²) in [7, 11) is 0. The molecule has 0 bridgehead atoms. The number of rotatable bonds is 6. The van der Waals surface area contributed by atoms with Crippen LogP contribution in [0.2, 0.25) is 0 Å². The first kappa shape index (κ1) is 12.5. The van der Waals surface area contributed by atoms with Crippen molar-refractivity contribution >= 4 is 11.6 Å². The maximum Gasteiger partial charge on any atom is 0.251 e. The molecule has 0 heterocycles. The molecule has 5 nitrogen and oxygen atoms in total. The van der Waals surface area contributed by atoms with Crippen LogP contribution in [0.15, 0.2) is 24.3 Å². The number of aliphatic hydroxyl groups excluding tert-OH is 1. The molecule has 0 aliphatic rings. The van der Waals surface area contributed by atoms with E-state index in [-0.39, 0.29) is 19.1 Å². The van der Waals surface area contributed by atoms with Gasteiger partial charge in [-0.1, -0.05) is 0 Å². The van der Waals surface area contributed by atoms with Gasteiger partial charge in [-0.3, -0.25) is 4.79 Å². The number of ether oxygens (including phenoxy) is 1. The first-order valence-corrected chi connectivity index (χ1v) is 5.06. The Hall–Kier alpha value is -1.59. The lowest BCUT2D eigenvalue weighted by molar-refractivity contribution is 0.0838. The van der Waals surface area contributed by atoms with Crippen molar-refractivity contribution in [1.82, 2.24) is 5.32 Å². The summed E-state index contributed by atoms with van der Waals surface area (Å²) in [5.41, 5.74) is 6.70. The average Bonchev–Trinajstić information content (AvgIpc) is 2.29. The number of nitrogens with one attached hydrogen (secondary N) is 1. The van der Waals surface area contributed by atoms with Gasteiger partial charge in [-0.2, -0.15) is 0 Å². The quantitative estimate of drug-likeness (QED) is 0.469. The molecule has 1 rings (SSSR count). The van der Waals surface area contributed by atoms with Crippen molar-refractivity contribution in [3.8, 4) is 0 Å². The molecule has 0 spiro atoms. The van der Waals surface area contributed by atoms with Crippen LogP contribution in [0.3, 0.4) is 0 Å². The van der Waals surface area contributed by atoms with Crippen molar-refractivity contribution in [3.63, 3.8) is 0 Å². The molecule has 0 aromatic heterocycles. The Kier molecular flexibility index (Phi) is 5.31. The van der Waals surface area contributed by atoms with Crippen molar-refractivity contribution in [2.45, 2.75) is 0 Å². The molecular formula is C11H16N2O3. The van der Waals surface area contributed by atoms with Crippen LogP contribution in [0, 0.1) is 0 Å². The van der Waals surface area contributed by atoms with Gasteiger partial charge in [0.05, 0.1) is 19.8 Å². The summed E-state index contributed by atoms with van der Waals surface area (Å²) >= 11 is 0. The molecule has 5 heteroatoms. The predicted molar refractivity (Wildman–Crippen MR) is 61.1 cm³/mol. The highest BCUT2D eigenvalue weighted by atomic mass is 16.5. The van der Waals surface area contributed by atoms with Crippen LogP contribution in [-0.4, -0.2) is 37.4 Å². The standard InChI is InChI=1S/C11H16N2O3/c12-10-3-1-9(2-4-10)11(15)13-5-7-16-8-6-14/h1-4,14H,5-8,12H2,(H,13,15). The van der Waals surface area contributed by atoms with Crippen molar-refractivity contribution in [3.05, 3.63) is 29.8 Å². The number of hydrogen-bond acceptors (Lipinski definition) is 4. The van der Waals surface area contributed by atoms with Gasteiger partial charge in [0, 0.05) is 17.8 Å². The topological polar surface area (TPSA) is 84.6 Å². The number of aliphatic hydroxyl groups is 1. The molecule has 4 N–H and O–H groups in total. The molecule has 0 fully saturated rings. The summed E-state index contributed by atoms with van der Waals surface area (Å²) < 4.78 is 5.00. The van der Waals surface area contributed by atoms with Crippen molar-refractivity contribution in [2.24, 2.45) is 0 Å². The molecular weight excluding hydrogens is 208 g/mol. The van der Waals surface area contributed by atoms with Crippen LogP contribution < -0.4 is 11.1 Å². The molecule has 0 saturated heterocycles. The zero-order valence-electron chi connectivity index (χ0n) is 8.98. The fraction of sp³-hybridized carbons (Fsp3) is 0.364. The average molecular weight is 224 g/mol. The fourth-order valence-electron chi connectivity index (χ4n) is 1.14. The zero-order valence-corrected chi connectivity index (χ0v) is 8.98. The SMILES string of the molecule is Nc1ccc(C(=O)NCCOCCO)cc1. The van der Waals surface area contributed by atoms with Crippen molar-refractivity contribution < 1.29 is 14.6 Å². The first-order chi connectivity index (χ1) is 7.74. The Morgan fingerprint density at radius 1 is 1.31 bits per heavy atom. The van der Waals surface area contributed by atoms with E-state index in [0.717, 1.165) is 0 Å². The molecule has 1 amide bonds. The lowest BCUT2D eigenvalue weighted by atomic mass is 10.2. The number of amides is 1. The Bertz CT molecular complexity index is 325. The molecule has 0 saturated carbocycles. The number of benzene rings is 1. The summed E-state index contributed by atoms with van der Waals surface area (Å²) in [5, 5.41) is 11.1. The number of hydrogen-bond donors (Lipinski definition) is 3. The maximum atomic E-state index is 11.5. The van der Waals surface area contributed by atoms with Crippen LogP contribution in [0.5, 0.6) is 0 Å². The third-order valence-corrected chi connectivity index (χ3v) is 1.94. The van der Waals surface area contributed by atoms with Gasteiger partial charge in [-0.05, 0) is 24.3 Å². The summed E-state index contributed by atoms with van der Waals surface area (Å²) in [6, 6.07) is 6.69. The highest BCUT2D eigenvalue weighted by Crippen LogP contribution is 2.04. The minimum atomic E-state index is -0.160. The van der Waals surface area contributed by atoms with Crippen LogP contribution in [0.25, 0.3) is 0 Å². The van der Waals surface area contributed by atoms with Crippen LogP contribution in [0.4, 0.5) is 5.69 Å². The van der Waals surface area contributed by atoms with E-state index < -0.39 is 0 Å². The van der Waals surface area contributed by atoms with Gasteiger partial charge in [-0.15, -0.1) is 0 Å². The highest BCUT2D eigenvalue weighted by Gasteiger charge is 2.03. The summed E-state index contributed by atoms with van der Waals surface area (Å²) in [6.07, 6.45) is 0. The van der Waals surface area contributed by atoms with E-state index in [4.69, 9.17) is 15.6 Å². The minimum absolute atomic E-state index is 0.00803. The van der Waals surface area contributed by atoms with Gasteiger partial charge < -0.3 is 20.9 Å². The zero-order chi connectivity index (χ0) is 11.8. The Labute approximate surface area is 94.2 Å². The molecule has 0 aliphatic heterocycles. The largest absolute Gasteiger partial charge is 0.399 e. The van der Waals surface area contributed by atoms with Gasteiger partial charge in [-0.25, -0.2) is 0 Å². The second kappa shape index (κ2) is 6.81. The van der Waals surface area contributed by atoms with Gasteiger partial charge >= 0.3 is 0 Å². The highest BCUT2D eigenvalue weighted by molar-refractivity contribution is 5.94. The van der Waals surface area contributed by atoms with Gasteiger partial charge in [0.1, 0.15) is 0 Å². The lowest BCUT2D eigenvalue weighted by Gasteiger charge is -2.05. The smallest absolute Gasteiger partial charge is 0.251 e. The second-order valence-corrected chi connectivity index (χ2v) is 3.21. The summed E-state index contributed by atoms with van der Waals surface area (Å²) in [6.45, 7) is 1.09. The predicted octanol–water partition coefficient (Wildman–Crippen LogP) is 0.00750. The van der Waals surface area contributed by atoms with E-state index in [1.54, 1.807) is 24.3 Å². The van der Waals surface area contributed by atoms with Crippen molar-refractivity contribution in [2.75, 3.05) is 32.1 Å². The molecule has 0 aliphatic carbocycles. The van der Waals surface area contributed by atoms with Crippen LogP contribution in [-0.2, 0) is 4.74 Å². The Morgan fingerprint density at radius 3 is 2.62 bits per heavy atom. The van der Waals surface area contributed by atoms with Crippen LogP contribution in [0.1, 0.15) is 10.4 Å². The van der Waals surface area contributed by atoms with E-state index in [2.05, 4.69) is 5.32 Å². The Morgan fingerprint density at radius 2 is 2.00 bits per heavy atom. The number of carbonyl (C=O) groups excluding carboxylic acids is 1. The fourth-order valence-corrected chi connectivity index (χ4v) is 1.14. The summed E-state index contributed by atoms with van der Waals surface area (Å²) in [4.78, 5) is 11.5. The van der Waals surface area contributed by atoms with Crippen molar-refractivity contribution in [1.29, 1.82) is 0 Å². The number of nitrogen functional groups attached to an aromatic ring is 1. The third kappa shape index (κ3) is 4.29. The first-order valence-electron chi connectivity index (χ1n) is 5.06. The maximum absolute atomic E-state index is 11.5. The van der Waals surface area contributed by atoms with Gasteiger partial charge in [0.2, 0.25) is 0 Å².